The maximum atomic E-state index is 13.8. The molecule has 0 bridgehead atoms. The Morgan fingerprint density at radius 1 is 0.929 bits per heavy atom. The van der Waals surface area contributed by atoms with Gasteiger partial charge in [-0.3, -0.25) is 26.6 Å². The zero-order chi connectivity index (χ0) is 29.9. The first-order valence-corrected chi connectivity index (χ1v) is 16.9. The zero-order valence-electron chi connectivity index (χ0n) is 23.5. The third kappa shape index (κ3) is 8.94. The minimum Gasteiger partial charge on any atom is -0.597 e. The fourth-order valence-electron chi connectivity index (χ4n) is 6.50. The molecule has 0 amide bonds. The van der Waals surface area contributed by atoms with E-state index < -0.39 is 58.9 Å². The lowest BCUT2D eigenvalue weighted by molar-refractivity contribution is -0.199. The predicted octanol–water partition coefficient (Wildman–Crippen LogP) is 1.61. The van der Waals surface area contributed by atoms with Crippen molar-refractivity contribution >= 4 is 22.0 Å². The lowest BCUT2D eigenvalue weighted by Gasteiger charge is -2.44. The Morgan fingerprint density at radius 3 is 2.26 bits per heavy atom. The molecule has 5 aliphatic rings. The number of ether oxygens (including phenoxy) is 3. The first kappa shape index (κ1) is 33.1. The molecule has 244 valence electrons. The van der Waals surface area contributed by atoms with Crippen molar-refractivity contribution in [2.24, 2.45) is 0 Å². The van der Waals surface area contributed by atoms with Crippen LogP contribution >= 0.6 is 11.6 Å². The van der Waals surface area contributed by atoms with Crippen LogP contribution in [0.1, 0.15) is 57.8 Å². The van der Waals surface area contributed by atoms with Gasteiger partial charge >= 0.3 is 6.18 Å². The van der Waals surface area contributed by atoms with E-state index in [0.29, 0.717) is 77.7 Å². The maximum absolute atomic E-state index is 13.8. The SMILES string of the molecule is O=[S+]([O-])(C1CCC2OCCCOC2C1)N1CCC(NC2NC(NC3CCC(F)C(Cl)C3)NC(OCC(F)(F)F)N2)CC1. The molecule has 0 aromatic heterocycles. The molecular formula is C25H43ClF4N6O5S. The second-order valence-corrected chi connectivity index (χ2v) is 14.6. The minimum absolute atomic E-state index is 0.0452. The van der Waals surface area contributed by atoms with Crippen LogP contribution in [0.5, 0.6) is 0 Å². The summed E-state index contributed by atoms with van der Waals surface area (Å²) in [4.78, 5) is 0. The number of rotatable bonds is 8. The number of piperidine rings is 1. The van der Waals surface area contributed by atoms with Crippen LogP contribution in [0.4, 0.5) is 17.6 Å². The van der Waals surface area contributed by atoms with Gasteiger partial charge < -0.3 is 18.8 Å². The lowest BCUT2D eigenvalue weighted by atomic mass is 9.93. The first-order chi connectivity index (χ1) is 20.0. The van der Waals surface area contributed by atoms with Crippen LogP contribution < -0.4 is 26.6 Å². The standard InChI is InChI=1S/C25H43ClF4N6O5S/c26-18-12-16(2-4-19(18)27)32-23-33-22(34-24(35-23)41-14-25(28,29)30)31-15-6-8-36(9-7-15)42(37,38)17-3-5-20-21(13-17)40-11-1-10-39-20/h15-24,31-35H,1-14H2. The van der Waals surface area contributed by atoms with Crippen molar-refractivity contribution in [1.82, 2.24) is 30.9 Å². The maximum Gasteiger partial charge on any atom is 0.411 e. The van der Waals surface area contributed by atoms with Crippen LogP contribution in [0.15, 0.2) is 0 Å². The van der Waals surface area contributed by atoms with Crippen LogP contribution in [0, 0.1) is 0 Å². The highest BCUT2D eigenvalue weighted by Crippen LogP contribution is 2.35. The lowest BCUT2D eigenvalue weighted by Crippen LogP contribution is -2.76. The molecule has 0 aromatic rings. The molecule has 2 saturated carbocycles. The Morgan fingerprint density at radius 2 is 1.60 bits per heavy atom. The molecule has 11 nitrogen and oxygen atoms in total. The third-order valence-corrected chi connectivity index (χ3v) is 11.6. The molecule has 3 saturated heterocycles. The molecule has 10 unspecified atom stereocenters. The van der Waals surface area contributed by atoms with Crippen molar-refractivity contribution in [3.05, 3.63) is 0 Å². The van der Waals surface area contributed by atoms with Gasteiger partial charge in [0, 0.05) is 44.8 Å². The second kappa shape index (κ2) is 14.5. The number of alkyl halides is 5. The predicted molar refractivity (Wildman–Crippen MR) is 146 cm³/mol. The van der Waals surface area contributed by atoms with E-state index in [1.807, 2.05) is 0 Å². The van der Waals surface area contributed by atoms with E-state index in [9.17, 15) is 26.3 Å². The van der Waals surface area contributed by atoms with Gasteiger partial charge in [0.05, 0.1) is 17.6 Å². The summed E-state index contributed by atoms with van der Waals surface area (Å²) in [7, 11) is -3.51. The Balaban J connectivity index is 1.13. The third-order valence-electron chi connectivity index (χ3n) is 8.75. The largest absolute Gasteiger partial charge is 0.597 e. The van der Waals surface area contributed by atoms with Crippen LogP contribution in [0.25, 0.3) is 0 Å². The number of hydrogen-bond donors (Lipinski definition) is 5. The van der Waals surface area contributed by atoms with Crippen molar-refractivity contribution in [3.8, 4) is 0 Å². The van der Waals surface area contributed by atoms with Gasteiger partial charge in [0.2, 0.25) is 0 Å². The van der Waals surface area contributed by atoms with Crippen LogP contribution in [-0.2, 0) is 28.8 Å². The molecule has 42 heavy (non-hydrogen) atoms. The Hall–Kier alpha value is -0.240. The van der Waals surface area contributed by atoms with Crippen LogP contribution in [0.2, 0.25) is 0 Å². The summed E-state index contributed by atoms with van der Waals surface area (Å²) in [5, 5.41) is 14.6. The van der Waals surface area contributed by atoms with E-state index in [1.165, 1.54) is 0 Å². The molecule has 3 aliphatic heterocycles. The highest BCUT2D eigenvalue weighted by atomic mass is 35.5. The Kier molecular flexibility index (Phi) is 11.4. The summed E-state index contributed by atoms with van der Waals surface area (Å²) < 4.78 is 97.7. The van der Waals surface area contributed by atoms with E-state index in [1.54, 1.807) is 4.31 Å². The molecule has 0 aromatic carbocycles. The monoisotopic (exact) mass is 650 g/mol. The highest BCUT2D eigenvalue weighted by Gasteiger charge is 2.46. The molecule has 10 atom stereocenters. The molecule has 5 N–H and O–H groups in total. The van der Waals surface area contributed by atoms with Gasteiger partial charge in [-0.25, -0.2) is 4.39 Å². The fourth-order valence-corrected chi connectivity index (χ4v) is 8.85. The van der Waals surface area contributed by atoms with Crippen molar-refractivity contribution in [1.29, 1.82) is 0 Å². The fraction of sp³-hybridized carbons (Fsp3) is 1.00. The van der Waals surface area contributed by atoms with Gasteiger partial charge in [-0.2, -0.15) is 13.2 Å². The number of fused-ring (bicyclic) bond motifs is 1. The number of nitrogens with one attached hydrogen (secondary N) is 5. The van der Waals surface area contributed by atoms with Gasteiger partial charge in [-0.05, 0) is 51.4 Å². The summed E-state index contributed by atoms with van der Waals surface area (Å²) in [6.45, 7) is 0.455. The van der Waals surface area contributed by atoms with Crippen molar-refractivity contribution in [2.75, 3.05) is 32.9 Å². The molecule has 5 fully saturated rings. The number of sulfonamides is 1. The molecular weight excluding hydrogens is 608 g/mol. The van der Waals surface area contributed by atoms with Gasteiger partial charge in [0.1, 0.15) is 41.0 Å². The Labute approximate surface area is 250 Å². The van der Waals surface area contributed by atoms with Crippen molar-refractivity contribution in [2.45, 2.75) is 124 Å². The number of hydrogen-bond acceptors (Lipinski definition) is 10. The Bertz CT molecular complexity index is 925. The summed E-state index contributed by atoms with van der Waals surface area (Å²) in [5.74, 6) is 0. The van der Waals surface area contributed by atoms with Crippen LogP contribution in [-0.4, -0.2) is 108 Å². The minimum atomic E-state index is -4.50. The second-order valence-electron chi connectivity index (χ2n) is 11.9. The zero-order valence-corrected chi connectivity index (χ0v) is 25.0. The first-order valence-electron chi connectivity index (χ1n) is 15.0. The topological polar surface area (TPSA) is 131 Å². The summed E-state index contributed by atoms with van der Waals surface area (Å²) in [6, 6.07) is -0.225. The van der Waals surface area contributed by atoms with Crippen molar-refractivity contribution < 1.29 is 40.5 Å². The molecule has 3 heterocycles. The average Bonchev–Trinajstić information content (AvgIpc) is 3.19. The smallest absolute Gasteiger partial charge is 0.411 e. The van der Waals surface area contributed by atoms with E-state index in [-0.39, 0.29) is 24.3 Å². The van der Waals surface area contributed by atoms with E-state index >= 15 is 0 Å². The summed E-state index contributed by atoms with van der Waals surface area (Å²) in [5.41, 5.74) is 0. The van der Waals surface area contributed by atoms with Gasteiger partial charge in [0.25, 0.3) is 0 Å². The van der Waals surface area contributed by atoms with E-state index in [2.05, 4.69) is 26.6 Å². The quantitative estimate of drug-likeness (QED) is 0.150. The summed E-state index contributed by atoms with van der Waals surface area (Å²) >= 11 is 6.11. The van der Waals surface area contributed by atoms with Gasteiger partial charge in [-0.15, -0.1) is 15.9 Å². The molecule has 0 radical (unpaired) electrons. The number of nitrogens with zero attached hydrogens (tertiary/aromatic N) is 1. The summed E-state index contributed by atoms with van der Waals surface area (Å²) in [6.07, 6.45) is -3.50. The number of halogens is 5. The average molecular weight is 651 g/mol. The highest BCUT2D eigenvalue weighted by molar-refractivity contribution is 7.96. The van der Waals surface area contributed by atoms with Crippen LogP contribution in [0.3, 0.4) is 0 Å². The normalized spacial score (nSPS) is 41.0. The van der Waals surface area contributed by atoms with Gasteiger partial charge in [0.15, 0.2) is 6.35 Å². The molecule has 17 heteroatoms. The van der Waals surface area contributed by atoms with Crippen molar-refractivity contribution in [3.63, 3.8) is 0 Å². The molecule has 2 aliphatic carbocycles. The van der Waals surface area contributed by atoms with E-state index in [0.717, 1.165) is 6.42 Å². The van der Waals surface area contributed by atoms with E-state index in [4.69, 9.17) is 25.8 Å². The molecule has 0 spiro atoms. The van der Waals surface area contributed by atoms with Gasteiger partial charge in [-0.1, -0.05) is 4.21 Å². The molecule has 5 rings (SSSR count).